The fraction of sp³-hybridized carbons (Fsp3) is 0.211. The Balaban J connectivity index is 1.88. The molecule has 3 rings (SSSR count). The van der Waals surface area contributed by atoms with Crippen molar-refractivity contribution in [2.24, 2.45) is 0 Å². The second-order valence-electron chi connectivity index (χ2n) is 5.75. The molecule has 1 aromatic carbocycles. The van der Waals surface area contributed by atoms with E-state index in [1.54, 1.807) is 12.1 Å². The van der Waals surface area contributed by atoms with Gasteiger partial charge in [-0.2, -0.15) is 4.68 Å². The van der Waals surface area contributed by atoms with Crippen molar-refractivity contribution in [3.05, 3.63) is 54.5 Å². The summed E-state index contributed by atoms with van der Waals surface area (Å²) in [5.41, 5.74) is 0.730. The highest BCUT2D eigenvalue weighted by atomic mass is 16.5. The molecule has 0 spiro atoms. The van der Waals surface area contributed by atoms with Crippen molar-refractivity contribution < 1.29 is 18.7 Å². The minimum atomic E-state index is -0.757. The van der Waals surface area contributed by atoms with Crippen molar-refractivity contribution in [2.45, 2.75) is 13.3 Å². The second kappa shape index (κ2) is 9.26. The molecule has 0 atom stereocenters. The molecule has 1 amide bonds. The fourth-order valence-electron chi connectivity index (χ4n) is 2.35. The number of hydrogen-bond donors (Lipinski definition) is 1. The van der Waals surface area contributed by atoms with Crippen molar-refractivity contribution in [3.63, 3.8) is 0 Å². The smallest absolute Gasteiger partial charge is 0.357 e. The van der Waals surface area contributed by atoms with Gasteiger partial charge in [0.1, 0.15) is 5.76 Å². The molecule has 0 aliphatic heterocycles. The molecule has 0 fully saturated rings. The summed E-state index contributed by atoms with van der Waals surface area (Å²) in [6.07, 6.45) is 3.72. The first-order valence-corrected chi connectivity index (χ1v) is 8.72. The van der Waals surface area contributed by atoms with Gasteiger partial charge in [0.15, 0.2) is 18.1 Å². The predicted molar refractivity (Wildman–Crippen MR) is 100 cm³/mol. The van der Waals surface area contributed by atoms with Crippen LogP contribution >= 0.6 is 0 Å². The van der Waals surface area contributed by atoms with Gasteiger partial charge in [-0.15, -0.1) is 5.10 Å². The highest BCUT2D eigenvalue weighted by Crippen LogP contribution is 2.21. The van der Waals surface area contributed by atoms with Gasteiger partial charge in [0.25, 0.3) is 5.91 Å². The van der Waals surface area contributed by atoms with E-state index in [0.717, 1.165) is 6.42 Å². The van der Waals surface area contributed by atoms with Crippen LogP contribution in [0, 0.1) is 0 Å². The number of ether oxygens (including phenoxy) is 1. The third kappa shape index (κ3) is 4.70. The lowest BCUT2D eigenvalue weighted by Crippen LogP contribution is -2.30. The normalized spacial score (nSPS) is 11.2. The summed E-state index contributed by atoms with van der Waals surface area (Å²) < 4.78 is 11.7. The van der Waals surface area contributed by atoms with Crippen LogP contribution < -0.4 is 5.32 Å². The number of amides is 1. The summed E-state index contributed by atoms with van der Waals surface area (Å²) in [5, 5.41) is 14.2. The molecule has 2 aromatic heterocycles. The molecule has 9 heteroatoms. The van der Waals surface area contributed by atoms with Crippen LogP contribution in [0.1, 0.15) is 19.1 Å². The number of hydrogen-bond acceptors (Lipinski definition) is 7. The molecule has 9 nitrogen and oxygen atoms in total. The Labute approximate surface area is 161 Å². The van der Waals surface area contributed by atoms with Crippen molar-refractivity contribution in [1.29, 1.82) is 0 Å². The zero-order valence-electron chi connectivity index (χ0n) is 15.2. The molecule has 0 saturated heterocycles. The summed E-state index contributed by atoms with van der Waals surface area (Å²) in [4.78, 5) is 24.4. The molecule has 1 N–H and O–H groups in total. The van der Waals surface area contributed by atoms with E-state index in [-0.39, 0.29) is 11.6 Å². The SMILES string of the molecule is CCCNC(=O)COC(=O)/C(=C/c1ccco1)n1nnnc1-c1ccccc1. The molecule has 0 saturated carbocycles. The lowest BCUT2D eigenvalue weighted by atomic mass is 10.2. The van der Waals surface area contributed by atoms with Gasteiger partial charge in [0.2, 0.25) is 0 Å². The number of benzene rings is 1. The number of nitrogens with zero attached hydrogens (tertiary/aromatic N) is 4. The molecular weight excluding hydrogens is 362 g/mol. The van der Waals surface area contributed by atoms with Gasteiger partial charge in [-0.25, -0.2) is 4.79 Å². The van der Waals surface area contributed by atoms with Crippen molar-refractivity contribution in [3.8, 4) is 11.4 Å². The van der Waals surface area contributed by atoms with Gasteiger partial charge >= 0.3 is 5.97 Å². The first-order chi connectivity index (χ1) is 13.7. The summed E-state index contributed by atoms with van der Waals surface area (Å²) in [7, 11) is 0. The number of rotatable bonds is 8. The molecule has 28 heavy (non-hydrogen) atoms. The third-order valence-electron chi connectivity index (χ3n) is 3.67. The zero-order chi connectivity index (χ0) is 19.8. The average Bonchev–Trinajstić information content (AvgIpc) is 3.41. The molecule has 0 bridgehead atoms. The molecule has 144 valence electrons. The van der Waals surface area contributed by atoms with Crippen molar-refractivity contribution in [1.82, 2.24) is 25.5 Å². The van der Waals surface area contributed by atoms with E-state index in [4.69, 9.17) is 9.15 Å². The quantitative estimate of drug-likeness (QED) is 0.469. The maximum absolute atomic E-state index is 12.7. The molecule has 0 aliphatic carbocycles. The van der Waals surface area contributed by atoms with Crippen LogP contribution in [0.3, 0.4) is 0 Å². The van der Waals surface area contributed by atoms with Gasteiger partial charge in [-0.3, -0.25) is 4.79 Å². The van der Waals surface area contributed by atoms with Crippen LogP contribution in [0.2, 0.25) is 0 Å². The maximum Gasteiger partial charge on any atom is 0.357 e. The van der Waals surface area contributed by atoms with Crippen LogP contribution in [-0.4, -0.2) is 45.2 Å². The first-order valence-electron chi connectivity index (χ1n) is 8.72. The van der Waals surface area contributed by atoms with E-state index < -0.39 is 12.6 Å². The zero-order valence-corrected chi connectivity index (χ0v) is 15.2. The molecule has 0 aliphatic rings. The monoisotopic (exact) mass is 381 g/mol. The van der Waals surface area contributed by atoms with Crippen LogP contribution in [0.4, 0.5) is 0 Å². The second-order valence-corrected chi connectivity index (χ2v) is 5.75. The van der Waals surface area contributed by atoms with Gasteiger partial charge in [-0.05, 0) is 29.0 Å². The van der Waals surface area contributed by atoms with Crippen LogP contribution in [0.5, 0.6) is 0 Å². The molecule has 3 aromatic rings. The lowest BCUT2D eigenvalue weighted by molar-refractivity contribution is -0.143. The van der Waals surface area contributed by atoms with E-state index >= 15 is 0 Å². The molecule has 2 heterocycles. The Hall–Kier alpha value is -3.75. The Morgan fingerprint density at radius 1 is 1.21 bits per heavy atom. The Bertz CT molecular complexity index is 948. The summed E-state index contributed by atoms with van der Waals surface area (Å²) in [6.45, 7) is 2.03. The number of furan rings is 1. The van der Waals surface area contributed by atoms with Crippen molar-refractivity contribution >= 4 is 23.6 Å². The minimum absolute atomic E-state index is 0.0158. The van der Waals surface area contributed by atoms with E-state index in [1.807, 2.05) is 37.3 Å². The van der Waals surface area contributed by atoms with Gasteiger partial charge in [-0.1, -0.05) is 37.3 Å². The Morgan fingerprint density at radius 2 is 2.04 bits per heavy atom. The lowest BCUT2D eigenvalue weighted by Gasteiger charge is -2.10. The number of esters is 1. The Morgan fingerprint density at radius 3 is 2.75 bits per heavy atom. The topological polar surface area (TPSA) is 112 Å². The van der Waals surface area contributed by atoms with Gasteiger partial charge < -0.3 is 14.5 Å². The number of tetrazole rings is 1. The molecule has 0 radical (unpaired) electrons. The number of carbonyl (C=O) groups is 2. The number of carbonyl (C=O) groups excluding carboxylic acids is 2. The summed E-state index contributed by atoms with van der Waals surface area (Å²) >= 11 is 0. The van der Waals surface area contributed by atoms with Crippen LogP contribution in [0.15, 0.2) is 53.1 Å². The maximum atomic E-state index is 12.7. The number of nitrogens with one attached hydrogen (secondary N) is 1. The van der Waals surface area contributed by atoms with E-state index in [1.165, 1.54) is 17.0 Å². The highest BCUT2D eigenvalue weighted by Gasteiger charge is 2.21. The summed E-state index contributed by atoms with van der Waals surface area (Å²) in [5.74, 6) is -0.372. The van der Waals surface area contributed by atoms with Crippen LogP contribution in [0.25, 0.3) is 23.2 Å². The fourth-order valence-corrected chi connectivity index (χ4v) is 2.35. The van der Waals surface area contributed by atoms with Crippen LogP contribution in [-0.2, 0) is 14.3 Å². The molecular formula is C19H19N5O4. The van der Waals surface area contributed by atoms with Gasteiger partial charge in [0.05, 0.1) is 6.26 Å². The summed E-state index contributed by atoms with van der Waals surface area (Å²) in [6, 6.07) is 12.5. The first kappa shape index (κ1) is 19.0. The van der Waals surface area contributed by atoms with E-state index in [9.17, 15) is 9.59 Å². The largest absolute Gasteiger partial charge is 0.465 e. The number of aromatic nitrogens is 4. The van der Waals surface area contributed by atoms with E-state index in [2.05, 4.69) is 20.8 Å². The Kier molecular flexibility index (Phi) is 6.29. The van der Waals surface area contributed by atoms with E-state index in [0.29, 0.717) is 23.7 Å². The third-order valence-corrected chi connectivity index (χ3v) is 3.67. The average molecular weight is 381 g/mol. The predicted octanol–water partition coefficient (Wildman–Crippen LogP) is 2.00. The highest BCUT2D eigenvalue weighted by molar-refractivity contribution is 6.15. The minimum Gasteiger partial charge on any atom is -0.465 e. The standard InChI is InChI=1S/C19H19N5O4/c1-2-10-20-17(25)13-28-19(26)16(12-15-9-6-11-27-15)24-18(21-22-23-24)14-7-4-3-5-8-14/h3-9,11-12H,2,10,13H2,1H3,(H,20,25)/b16-12-. The van der Waals surface area contributed by atoms with Crippen molar-refractivity contribution in [2.75, 3.05) is 13.2 Å². The van der Waals surface area contributed by atoms with Gasteiger partial charge in [0, 0.05) is 18.2 Å². The molecule has 0 unspecified atom stereocenters.